The van der Waals surface area contributed by atoms with Gasteiger partial charge in [-0.25, -0.2) is 4.79 Å². The van der Waals surface area contributed by atoms with Crippen molar-refractivity contribution in [2.75, 3.05) is 18.6 Å². The number of amides is 1. The average Bonchev–Trinajstić information content (AvgIpc) is 3.13. The Bertz CT molecular complexity index is 1260. The molecule has 1 heterocycles. The van der Waals surface area contributed by atoms with E-state index >= 15 is 0 Å². The molecule has 178 valence electrons. The van der Waals surface area contributed by atoms with E-state index in [1.807, 2.05) is 61.5 Å². The molecule has 0 radical (unpaired) electrons. The number of methoxy groups -OCH3 is 1. The van der Waals surface area contributed by atoms with Crippen molar-refractivity contribution in [2.45, 2.75) is 20.5 Å². The van der Waals surface area contributed by atoms with Gasteiger partial charge in [-0.1, -0.05) is 42.5 Å². The van der Waals surface area contributed by atoms with Crippen molar-refractivity contribution in [2.24, 2.45) is 0 Å². The lowest BCUT2D eigenvalue weighted by Gasteiger charge is -2.18. The molecule has 0 bridgehead atoms. The van der Waals surface area contributed by atoms with Gasteiger partial charge in [0.2, 0.25) is 0 Å². The van der Waals surface area contributed by atoms with E-state index in [0.717, 1.165) is 11.1 Å². The number of carbonyl (C=O) groups excluding carboxylic acids is 2. The highest BCUT2D eigenvalue weighted by molar-refractivity contribution is 6.23. The van der Waals surface area contributed by atoms with E-state index in [1.54, 1.807) is 37.3 Å². The maximum absolute atomic E-state index is 13.4. The molecular weight excluding hydrogens is 442 g/mol. The second-order valence-corrected chi connectivity index (χ2v) is 7.92. The molecule has 1 aliphatic rings. The van der Waals surface area contributed by atoms with Crippen LogP contribution in [0.5, 0.6) is 11.5 Å². The molecule has 0 spiro atoms. The molecule has 3 aromatic rings. The average molecular weight is 470 g/mol. The Balaban J connectivity index is 1.59. The smallest absolute Gasteiger partial charge is 0.340 e. The minimum atomic E-state index is -0.557. The standard InChI is InChI=1S/C29H27NO5/c1-4-34-24-16-12-23(13-17-24)30-20(2)27(29(32)33-3)26(28(30)31)18-21-10-14-25(15-11-21)35-19-22-8-6-5-7-9-22/h5-18H,4,19H2,1-3H3/b26-18-. The van der Waals surface area contributed by atoms with Crippen LogP contribution in [0.25, 0.3) is 6.08 Å². The van der Waals surface area contributed by atoms with Crippen LogP contribution in [-0.4, -0.2) is 25.6 Å². The molecule has 6 nitrogen and oxygen atoms in total. The van der Waals surface area contributed by atoms with E-state index in [9.17, 15) is 9.59 Å². The molecule has 3 aromatic carbocycles. The molecule has 4 rings (SSSR count). The van der Waals surface area contributed by atoms with Crippen molar-refractivity contribution in [1.82, 2.24) is 0 Å². The van der Waals surface area contributed by atoms with Crippen LogP contribution in [0.3, 0.4) is 0 Å². The molecule has 0 atom stereocenters. The van der Waals surface area contributed by atoms with Crippen LogP contribution in [0, 0.1) is 0 Å². The van der Waals surface area contributed by atoms with Crippen LogP contribution in [0.2, 0.25) is 0 Å². The Morgan fingerprint density at radius 3 is 2.14 bits per heavy atom. The van der Waals surface area contributed by atoms with Crippen LogP contribution in [-0.2, 0) is 20.9 Å². The van der Waals surface area contributed by atoms with Gasteiger partial charge >= 0.3 is 5.97 Å². The van der Waals surface area contributed by atoms with Crippen molar-refractivity contribution in [3.8, 4) is 11.5 Å². The summed E-state index contributed by atoms with van der Waals surface area (Å²) in [7, 11) is 1.31. The predicted octanol–water partition coefficient (Wildman–Crippen LogP) is 5.54. The molecule has 0 saturated heterocycles. The van der Waals surface area contributed by atoms with E-state index in [2.05, 4.69) is 0 Å². The maximum Gasteiger partial charge on any atom is 0.340 e. The summed E-state index contributed by atoms with van der Waals surface area (Å²) in [5.74, 6) is 0.572. The third kappa shape index (κ3) is 5.27. The van der Waals surface area contributed by atoms with Gasteiger partial charge in [0, 0.05) is 11.4 Å². The van der Waals surface area contributed by atoms with E-state index < -0.39 is 5.97 Å². The van der Waals surface area contributed by atoms with Gasteiger partial charge in [0.1, 0.15) is 18.1 Å². The normalized spacial score (nSPS) is 14.4. The molecule has 0 saturated carbocycles. The first-order valence-corrected chi connectivity index (χ1v) is 11.4. The molecule has 1 aliphatic heterocycles. The summed E-state index contributed by atoms with van der Waals surface area (Å²) in [5.41, 5.74) is 3.53. The lowest BCUT2D eigenvalue weighted by atomic mass is 10.0. The quantitative estimate of drug-likeness (QED) is 0.320. The number of allylic oxidation sites excluding steroid dienone is 1. The number of hydrogen-bond acceptors (Lipinski definition) is 5. The molecule has 0 fully saturated rings. The van der Waals surface area contributed by atoms with E-state index in [4.69, 9.17) is 14.2 Å². The maximum atomic E-state index is 13.4. The van der Waals surface area contributed by atoms with Gasteiger partial charge in [-0.2, -0.15) is 0 Å². The first-order chi connectivity index (χ1) is 17.0. The summed E-state index contributed by atoms with van der Waals surface area (Å²) in [6.07, 6.45) is 1.70. The topological polar surface area (TPSA) is 65.1 Å². The fourth-order valence-electron chi connectivity index (χ4n) is 3.92. The number of rotatable bonds is 8. The highest BCUT2D eigenvalue weighted by atomic mass is 16.5. The SMILES string of the molecule is CCOc1ccc(N2C(=O)/C(=C\c3ccc(OCc4ccccc4)cc3)C(C(=O)OC)=C2C)cc1. The summed E-state index contributed by atoms with van der Waals surface area (Å²) in [5, 5.41) is 0. The van der Waals surface area contributed by atoms with Gasteiger partial charge in [0.25, 0.3) is 5.91 Å². The molecule has 1 amide bonds. The van der Waals surface area contributed by atoms with Crippen LogP contribution < -0.4 is 14.4 Å². The molecular formula is C29H27NO5. The lowest BCUT2D eigenvalue weighted by Crippen LogP contribution is -2.24. The minimum absolute atomic E-state index is 0.246. The Morgan fingerprint density at radius 1 is 0.886 bits per heavy atom. The second kappa shape index (κ2) is 10.7. The summed E-state index contributed by atoms with van der Waals surface area (Å²) < 4.78 is 16.3. The first-order valence-electron chi connectivity index (χ1n) is 11.4. The van der Waals surface area contributed by atoms with Gasteiger partial charge in [0.15, 0.2) is 0 Å². The highest BCUT2D eigenvalue weighted by Crippen LogP contribution is 2.36. The van der Waals surface area contributed by atoms with Crippen LogP contribution in [0.1, 0.15) is 25.0 Å². The molecule has 0 unspecified atom stereocenters. The molecule has 6 heteroatoms. The third-order valence-corrected chi connectivity index (χ3v) is 5.63. The minimum Gasteiger partial charge on any atom is -0.494 e. The second-order valence-electron chi connectivity index (χ2n) is 7.92. The summed E-state index contributed by atoms with van der Waals surface area (Å²) in [4.78, 5) is 27.6. The first kappa shape index (κ1) is 23.8. The Labute approximate surface area is 205 Å². The number of anilines is 1. The van der Waals surface area contributed by atoms with Crippen LogP contribution in [0.4, 0.5) is 5.69 Å². The summed E-state index contributed by atoms with van der Waals surface area (Å²) in [6.45, 7) is 4.66. The van der Waals surface area contributed by atoms with Gasteiger partial charge in [0.05, 0.1) is 24.9 Å². The third-order valence-electron chi connectivity index (χ3n) is 5.63. The van der Waals surface area contributed by atoms with E-state index in [1.165, 1.54) is 12.0 Å². The van der Waals surface area contributed by atoms with E-state index in [0.29, 0.717) is 36.1 Å². The van der Waals surface area contributed by atoms with Crippen molar-refractivity contribution < 1.29 is 23.8 Å². The number of hydrogen-bond donors (Lipinski definition) is 0. The van der Waals surface area contributed by atoms with Crippen LogP contribution in [0.15, 0.2) is 95.7 Å². The fourth-order valence-corrected chi connectivity index (χ4v) is 3.92. The number of benzene rings is 3. The van der Waals surface area contributed by atoms with Crippen molar-refractivity contribution in [1.29, 1.82) is 0 Å². The van der Waals surface area contributed by atoms with Gasteiger partial charge in [-0.05, 0) is 67.4 Å². The number of nitrogens with zero attached hydrogens (tertiary/aromatic N) is 1. The molecule has 0 aliphatic carbocycles. The number of esters is 1. The molecule has 0 aromatic heterocycles. The lowest BCUT2D eigenvalue weighted by molar-refractivity contribution is -0.136. The van der Waals surface area contributed by atoms with Crippen molar-refractivity contribution in [3.63, 3.8) is 0 Å². The number of ether oxygens (including phenoxy) is 3. The molecule has 0 N–H and O–H groups in total. The van der Waals surface area contributed by atoms with Crippen LogP contribution >= 0.6 is 0 Å². The Kier molecular flexibility index (Phi) is 7.31. The predicted molar refractivity (Wildman–Crippen MR) is 135 cm³/mol. The van der Waals surface area contributed by atoms with E-state index in [-0.39, 0.29) is 17.1 Å². The zero-order chi connectivity index (χ0) is 24.8. The van der Waals surface area contributed by atoms with Gasteiger partial charge < -0.3 is 14.2 Å². The Hall–Kier alpha value is -4.32. The summed E-state index contributed by atoms with van der Waals surface area (Å²) in [6, 6.07) is 24.5. The van der Waals surface area contributed by atoms with Gasteiger partial charge in [-0.15, -0.1) is 0 Å². The summed E-state index contributed by atoms with van der Waals surface area (Å²) >= 11 is 0. The monoisotopic (exact) mass is 469 g/mol. The Morgan fingerprint density at radius 2 is 1.51 bits per heavy atom. The van der Waals surface area contributed by atoms with Crippen molar-refractivity contribution in [3.05, 3.63) is 107 Å². The zero-order valence-electron chi connectivity index (χ0n) is 20.0. The molecule has 35 heavy (non-hydrogen) atoms. The number of carbonyl (C=O) groups is 2. The fraction of sp³-hybridized carbons (Fsp3) is 0.172. The highest BCUT2D eigenvalue weighted by Gasteiger charge is 2.37. The van der Waals surface area contributed by atoms with Gasteiger partial charge in [-0.3, -0.25) is 9.69 Å². The zero-order valence-corrected chi connectivity index (χ0v) is 20.0. The van der Waals surface area contributed by atoms with Crippen molar-refractivity contribution >= 4 is 23.6 Å². The largest absolute Gasteiger partial charge is 0.494 e.